The molecule has 0 aromatic carbocycles. The molecule has 4 aliphatic rings. The Bertz CT molecular complexity index is 391. The van der Waals surface area contributed by atoms with E-state index in [1.165, 1.54) is 12.8 Å². The van der Waals surface area contributed by atoms with Crippen molar-refractivity contribution in [3.8, 4) is 0 Å². The summed E-state index contributed by atoms with van der Waals surface area (Å²) in [7, 11) is 0. The highest BCUT2D eigenvalue weighted by Gasteiger charge is 2.79. The highest BCUT2D eigenvalue weighted by Crippen LogP contribution is 2.80. The molecule has 2 nitrogen and oxygen atoms in total. The molecule has 0 unspecified atom stereocenters. The molecule has 1 saturated heterocycles. The molecule has 0 spiro atoms. The van der Waals surface area contributed by atoms with E-state index in [4.69, 9.17) is 4.74 Å². The van der Waals surface area contributed by atoms with Crippen LogP contribution in [-0.4, -0.2) is 22.6 Å². The van der Waals surface area contributed by atoms with Crippen molar-refractivity contribution in [2.75, 3.05) is 0 Å². The van der Waals surface area contributed by atoms with Gasteiger partial charge in [0.05, 0.1) is 0 Å². The van der Waals surface area contributed by atoms with Gasteiger partial charge in [-0.2, -0.15) is 11.8 Å². The van der Waals surface area contributed by atoms with Gasteiger partial charge in [-0.25, -0.2) is 0 Å². The number of thioether (sulfide) groups is 1. The second-order valence-corrected chi connectivity index (χ2v) is 7.71. The molecule has 4 rings (SSSR count). The normalized spacial score (nSPS) is 67.2. The predicted octanol–water partition coefficient (Wildman–Crippen LogP) is 1.93. The Labute approximate surface area is 99.5 Å². The molecule has 0 radical (unpaired) electrons. The van der Waals surface area contributed by atoms with Crippen LogP contribution in [0, 0.1) is 35.5 Å². The van der Waals surface area contributed by atoms with Crippen LogP contribution < -0.4 is 0 Å². The van der Waals surface area contributed by atoms with Crippen molar-refractivity contribution in [3.63, 3.8) is 0 Å². The van der Waals surface area contributed by atoms with Crippen LogP contribution in [0.3, 0.4) is 0 Å². The molecule has 1 aliphatic heterocycles. The lowest BCUT2D eigenvalue weighted by Crippen LogP contribution is -2.54. The maximum absolute atomic E-state index is 11.2. The van der Waals surface area contributed by atoms with Crippen LogP contribution in [0.5, 0.6) is 0 Å². The van der Waals surface area contributed by atoms with Gasteiger partial charge in [0.2, 0.25) is 0 Å². The quantitative estimate of drug-likeness (QED) is 0.514. The Hall–Kier alpha value is -0.180. The maximum atomic E-state index is 11.2. The molecule has 0 aromatic rings. The fourth-order valence-electron chi connectivity index (χ4n) is 6.03. The summed E-state index contributed by atoms with van der Waals surface area (Å²) in [5.41, 5.74) is 0. The summed E-state index contributed by atoms with van der Waals surface area (Å²) < 4.78 is 5.68. The number of fused-ring (bicyclic) bond motifs is 9. The SMILES string of the molecule is CC(=O)O[C@@H]1[C@H]2[C@@H]3CC[C@@H]4[C@@H]2S[C@@H]2[C@@H]4[C@@H]3[C@@H]12. The molecule has 3 heteroatoms. The van der Waals surface area contributed by atoms with Crippen LogP contribution >= 0.6 is 11.8 Å². The first-order valence-electron chi connectivity index (χ1n) is 6.60. The van der Waals surface area contributed by atoms with Crippen LogP contribution in [0.15, 0.2) is 0 Å². The predicted molar refractivity (Wildman–Crippen MR) is 60.9 cm³/mol. The van der Waals surface area contributed by atoms with Gasteiger partial charge in [0.15, 0.2) is 0 Å². The van der Waals surface area contributed by atoms with Crippen molar-refractivity contribution in [3.05, 3.63) is 0 Å². The summed E-state index contributed by atoms with van der Waals surface area (Å²) in [6.07, 6.45) is 3.20. The maximum Gasteiger partial charge on any atom is 0.302 e. The van der Waals surface area contributed by atoms with Crippen molar-refractivity contribution in [2.45, 2.75) is 36.4 Å². The number of hydrogen-bond donors (Lipinski definition) is 0. The van der Waals surface area contributed by atoms with Crippen molar-refractivity contribution < 1.29 is 9.53 Å². The minimum absolute atomic E-state index is 0.0544. The standard InChI is InChI=1S/C13H16O2S/c1-4(14)15-11-9-5-2-3-6-8-7(5)10(11)13(8)16-12(6)9/h5-13H,2-3H2,1H3/t5-,6+,7-,8+,9-,10+,11-,12+,13-/m1/s1. The average Bonchev–Trinajstić information content (AvgIpc) is 2.54. The fourth-order valence-corrected chi connectivity index (χ4v) is 8.54. The lowest BCUT2D eigenvalue weighted by Gasteiger charge is -2.53. The van der Waals surface area contributed by atoms with Crippen molar-refractivity contribution >= 4 is 17.7 Å². The Morgan fingerprint density at radius 3 is 2.69 bits per heavy atom. The lowest BCUT2D eigenvalue weighted by molar-refractivity contribution is -0.152. The number of carbonyl (C=O) groups is 1. The largest absolute Gasteiger partial charge is 0.462 e. The van der Waals surface area contributed by atoms with E-state index in [1.54, 1.807) is 6.92 Å². The zero-order valence-electron chi connectivity index (χ0n) is 9.34. The summed E-state index contributed by atoms with van der Waals surface area (Å²) in [4.78, 5) is 11.2. The molecular weight excluding hydrogens is 220 g/mol. The van der Waals surface area contributed by atoms with Gasteiger partial charge in [-0.1, -0.05) is 0 Å². The number of hydrogen-bond acceptors (Lipinski definition) is 3. The van der Waals surface area contributed by atoms with Gasteiger partial charge in [-0.3, -0.25) is 4.79 Å². The van der Waals surface area contributed by atoms with Crippen LogP contribution in [0.2, 0.25) is 0 Å². The average molecular weight is 236 g/mol. The highest BCUT2D eigenvalue weighted by atomic mass is 32.2. The molecule has 3 aliphatic carbocycles. The monoisotopic (exact) mass is 236 g/mol. The minimum atomic E-state index is -0.0544. The first-order valence-corrected chi connectivity index (χ1v) is 7.54. The Kier molecular flexibility index (Phi) is 1.37. The van der Waals surface area contributed by atoms with E-state index in [0.717, 1.165) is 46.0 Å². The summed E-state index contributed by atoms with van der Waals surface area (Å²) in [6, 6.07) is 0. The van der Waals surface area contributed by atoms with Crippen molar-refractivity contribution in [1.82, 2.24) is 0 Å². The Balaban J connectivity index is 1.60. The number of rotatable bonds is 1. The van der Waals surface area contributed by atoms with Crippen molar-refractivity contribution in [1.29, 1.82) is 0 Å². The van der Waals surface area contributed by atoms with Crippen LogP contribution in [0.4, 0.5) is 0 Å². The molecule has 1 heterocycles. The van der Waals surface area contributed by atoms with E-state index in [-0.39, 0.29) is 5.97 Å². The lowest BCUT2D eigenvalue weighted by atomic mass is 9.50. The first-order chi connectivity index (χ1) is 7.77. The Morgan fingerprint density at radius 2 is 1.88 bits per heavy atom. The second kappa shape index (κ2) is 2.47. The summed E-state index contributed by atoms with van der Waals surface area (Å²) >= 11 is 2.26. The number of ether oxygens (including phenoxy) is 1. The summed E-state index contributed by atoms with van der Waals surface area (Å²) in [6.45, 7) is 1.58. The topological polar surface area (TPSA) is 26.3 Å². The Morgan fingerprint density at radius 1 is 1.06 bits per heavy atom. The molecule has 16 heavy (non-hydrogen) atoms. The van der Waals surface area contributed by atoms with Gasteiger partial charge in [0, 0.05) is 29.3 Å². The van der Waals surface area contributed by atoms with Gasteiger partial charge in [-0.05, 0) is 36.5 Å². The third kappa shape index (κ3) is 0.704. The molecule has 0 N–H and O–H groups in total. The third-order valence-corrected chi connectivity index (χ3v) is 8.06. The van der Waals surface area contributed by atoms with E-state index >= 15 is 0 Å². The molecule has 0 amide bonds. The van der Waals surface area contributed by atoms with Gasteiger partial charge < -0.3 is 4.74 Å². The second-order valence-electron chi connectivity index (χ2n) is 6.35. The summed E-state index contributed by atoms with van der Waals surface area (Å²) in [5.74, 6) is 5.31. The minimum Gasteiger partial charge on any atom is -0.462 e. The fraction of sp³-hybridized carbons (Fsp3) is 0.923. The van der Waals surface area contributed by atoms with Crippen LogP contribution in [0.25, 0.3) is 0 Å². The number of esters is 1. The first kappa shape index (κ1) is 8.84. The molecule has 0 aromatic heterocycles. The van der Waals surface area contributed by atoms with Crippen LogP contribution in [-0.2, 0) is 9.53 Å². The molecular formula is C13H16O2S. The van der Waals surface area contributed by atoms with Gasteiger partial charge in [-0.15, -0.1) is 0 Å². The molecule has 3 saturated carbocycles. The summed E-state index contributed by atoms with van der Waals surface area (Å²) in [5, 5.41) is 1.72. The van der Waals surface area contributed by atoms with Crippen LogP contribution in [0.1, 0.15) is 19.8 Å². The van der Waals surface area contributed by atoms with Gasteiger partial charge >= 0.3 is 5.97 Å². The third-order valence-electron chi connectivity index (χ3n) is 6.14. The molecule has 9 atom stereocenters. The van der Waals surface area contributed by atoms with E-state index in [2.05, 4.69) is 11.8 Å². The van der Waals surface area contributed by atoms with E-state index in [1.807, 2.05) is 0 Å². The molecule has 4 fully saturated rings. The van der Waals surface area contributed by atoms with E-state index < -0.39 is 0 Å². The van der Waals surface area contributed by atoms with Gasteiger partial charge in [0.25, 0.3) is 0 Å². The molecule has 0 bridgehead atoms. The van der Waals surface area contributed by atoms with Crippen molar-refractivity contribution in [2.24, 2.45) is 35.5 Å². The zero-order valence-corrected chi connectivity index (χ0v) is 10.2. The zero-order chi connectivity index (χ0) is 10.6. The molecule has 86 valence electrons. The van der Waals surface area contributed by atoms with E-state index in [9.17, 15) is 4.79 Å². The number of carbonyl (C=O) groups excluding carboxylic acids is 1. The highest BCUT2D eigenvalue weighted by molar-refractivity contribution is 8.01. The van der Waals surface area contributed by atoms with E-state index in [0.29, 0.717) is 6.10 Å². The smallest absolute Gasteiger partial charge is 0.302 e. The van der Waals surface area contributed by atoms with Gasteiger partial charge in [0.1, 0.15) is 6.10 Å².